The van der Waals surface area contributed by atoms with Gasteiger partial charge in [0, 0.05) is 7.11 Å². The third-order valence-electron chi connectivity index (χ3n) is 2.58. The maximum absolute atomic E-state index is 12.3. The Morgan fingerprint density at radius 2 is 2.04 bits per heavy atom. The quantitative estimate of drug-likeness (QED) is 0.316. The van der Waals surface area contributed by atoms with Crippen LogP contribution in [-0.2, 0) is 14.3 Å². The number of alkyl halides is 2. The average Bonchev–Trinajstić information content (AvgIpc) is 2.53. The van der Waals surface area contributed by atoms with E-state index >= 15 is 0 Å². The Hall–Kier alpha value is -2.66. The third-order valence-corrected chi connectivity index (χ3v) is 2.58. The minimum atomic E-state index is -2.99. The molecular weight excluding hydrogens is 312 g/mol. The van der Waals surface area contributed by atoms with Crippen molar-refractivity contribution in [1.29, 1.82) is 5.26 Å². The predicted molar refractivity (Wildman–Crippen MR) is 76.1 cm³/mol. The molecule has 0 aliphatic heterocycles. The van der Waals surface area contributed by atoms with Crippen molar-refractivity contribution >= 4 is 12.0 Å². The third kappa shape index (κ3) is 5.92. The smallest absolute Gasteiger partial charge is 0.387 e. The molecule has 8 heteroatoms. The number of esters is 1. The van der Waals surface area contributed by atoms with Crippen molar-refractivity contribution in [1.82, 2.24) is 0 Å². The van der Waals surface area contributed by atoms with Crippen molar-refractivity contribution in [2.24, 2.45) is 0 Å². The lowest BCUT2D eigenvalue weighted by Gasteiger charge is -2.10. The van der Waals surface area contributed by atoms with E-state index in [1.54, 1.807) is 6.07 Å². The van der Waals surface area contributed by atoms with Gasteiger partial charge in [0.1, 0.15) is 18.2 Å². The molecule has 0 saturated carbocycles. The Morgan fingerprint density at radius 1 is 1.30 bits per heavy atom. The summed E-state index contributed by atoms with van der Waals surface area (Å²) in [6.45, 7) is -2.77. The summed E-state index contributed by atoms with van der Waals surface area (Å²) in [6.07, 6.45) is 1.25. The second-order valence-corrected chi connectivity index (χ2v) is 4.09. The van der Waals surface area contributed by atoms with E-state index in [-0.39, 0.29) is 30.3 Å². The Labute approximate surface area is 131 Å². The summed E-state index contributed by atoms with van der Waals surface area (Å²) in [5, 5.41) is 9.01. The van der Waals surface area contributed by atoms with Gasteiger partial charge in [0.15, 0.2) is 11.5 Å². The standard InChI is InChI=1S/C15H15F2NO5/c1-20-5-6-22-14(19)11(9-18)7-10-3-4-12(23-15(16)17)13(8-10)21-2/h3-4,7-8,15H,5-6H2,1-2H3/b11-7+. The molecule has 0 N–H and O–H groups in total. The molecule has 0 heterocycles. The zero-order valence-corrected chi connectivity index (χ0v) is 12.5. The molecule has 0 fully saturated rings. The first kappa shape index (κ1) is 18.4. The molecule has 0 unspecified atom stereocenters. The Bertz CT molecular complexity index is 610. The molecule has 0 bridgehead atoms. The highest BCUT2D eigenvalue weighted by Crippen LogP contribution is 2.30. The lowest BCUT2D eigenvalue weighted by atomic mass is 10.1. The number of hydrogen-bond acceptors (Lipinski definition) is 6. The van der Waals surface area contributed by atoms with Gasteiger partial charge < -0.3 is 18.9 Å². The summed E-state index contributed by atoms with van der Waals surface area (Å²) >= 11 is 0. The highest BCUT2D eigenvalue weighted by Gasteiger charge is 2.13. The number of nitriles is 1. The summed E-state index contributed by atoms with van der Waals surface area (Å²) in [5.41, 5.74) is 0.148. The van der Waals surface area contributed by atoms with E-state index in [0.717, 1.165) is 0 Å². The first-order valence-corrected chi connectivity index (χ1v) is 6.42. The molecule has 1 aromatic carbocycles. The molecule has 0 amide bonds. The van der Waals surface area contributed by atoms with Crippen molar-refractivity contribution in [2.75, 3.05) is 27.4 Å². The SMILES string of the molecule is COCCOC(=O)/C(C#N)=C/c1ccc(OC(F)F)c(OC)c1. The second-order valence-electron chi connectivity index (χ2n) is 4.09. The van der Waals surface area contributed by atoms with E-state index in [1.807, 2.05) is 0 Å². The van der Waals surface area contributed by atoms with Crippen LogP contribution in [0.1, 0.15) is 5.56 Å². The number of ether oxygens (including phenoxy) is 4. The van der Waals surface area contributed by atoms with Gasteiger partial charge in [0.2, 0.25) is 0 Å². The number of halogens is 2. The monoisotopic (exact) mass is 327 g/mol. The van der Waals surface area contributed by atoms with Crippen LogP contribution < -0.4 is 9.47 Å². The van der Waals surface area contributed by atoms with Crippen LogP contribution in [0.2, 0.25) is 0 Å². The van der Waals surface area contributed by atoms with Crippen LogP contribution in [0.3, 0.4) is 0 Å². The minimum absolute atomic E-state index is 0.0127. The molecule has 0 aliphatic carbocycles. The number of rotatable bonds is 8. The Morgan fingerprint density at radius 3 is 2.61 bits per heavy atom. The highest BCUT2D eigenvalue weighted by molar-refractivity contribution is 5.97. The largest absolute Gasteiger partial charge is 0.493 e. The molecule has 0 spiro atoms. The molecular formula is C15H15F2NO5. The van der Waals surface area contributed by atoms with Crippen molar-refractivity contribution in [2.45, 2.75) is 6.61 Å². The van der Waals surface area contributed by atoms with Crippen LogP contribution in [0, 0.1) is 11.3 Å². The number of benzene rings is 1. The van der Waals surface area contributed by atoms with Gasteiger partial charge in [-0.3, -0.25) is 0 Å². The number of nitrogens with zero attached hydrogens (tertiary/aromatic N) is 1. The second kappa shape index (κ2) is 9.38. The molecule has 0 radical (unpaired) electrons. The van der Waals surface area contributed by atoms with Crippen LogP contribution in [0.5, 0.6) is 11.5 Å². The van der Waals surface area contributed by atoms with Crippen LogP contribution >= 0.6 is 0 Å². The maximum Gasteiger partial charge on any atom is 0.387 e. The fourth-order valence-corrected chi connectivity index (χ4v) is 1.57. The van der Waals surface area contributed by atoms with Crippen molar-refractivity contribution in [3.8, 4) is 17.6 Å². The van der Waals surface area contributed by atoms with Gasteiger partial charge in [-0.25, -0.2) is 4.79 Å². The summed E-state index contributed by atoms with van der Waals surface area (Å²) in [6, 6.07) is 5.73. The van der Waals surface area contributed by atoms with Gasteiger partial charge in [0.05, 0.1) is 13.7 Å². The molecule has 0 atom stereocenters. The van der Waals surface area contributed by atoms with Gasteiger partial charge in [-0.15, -0.1) is 0 Å². The normalized spacial score (nSPS) is 11.0. The number of hydrogen-bond donors (Lipinski definition) is 0. The van der Waals surface area contributed by atoms with Gasteiger partial charge in [-0.05, 0) is 23.8 Å². The first-order valence-electron chi connectivity index (χ1n) is 6.42. The molecule has 6 nitrogen and oxygen atoms in total. The summed E-state index contributed by atoms with van der Waals surface area (Å²) in [7, 11) is 2.73. The van der Waals surface area contributed by atoms with E-state index in [0.29, 0.717) is 5.56 Å². The molecule has 0 aliphatic rings. The van der Waals surface area contributed by atoms with Crippen molar-refractivity contribution < 1.29 is 32.5 Å². The molecule has 1 aromatic rings. The van der Waals surface area contributed by atoms with E-state index in [1.165, 1.54) is 38.5 Å². The van der Waals surface area contributed by atoms with Crippen LogP contribution in [0.4, 0.5) is 8.78 Å². The van der Waals surface area contributed by atoms with Crippen LogP contribution in [0.25, 0.3) is 6.08 Å². The van der Waals surface area contributed by atoms with E-state index in [2.05, 4.69) is 4.74 Å². The van der Waals surface area contributed by atoms with Crippen molar-refractivity contribution in [3.05, 3.63) is 29.3 Å². The van der Waals surface area contributed by atoms with E-state index in [4.69, 9.17) is 19.5 Å². The summed E-state index contributed by atoms with van der Waals surface area (Å²) in [5.74, 6) is -0.915. The average molecular weight is 327 g/mol. The highest BCUT2D eigenvalue weighted by atomic mass is 19.3. The summed E-state index contributed by atoms with van der Waals surface area (Å²) in [4.78, 5) is 11.7. The minimum Gasteiger partial charge on any atom is -0.493 e. The lowest BCUT2D eigenvalue weighted by molar-refractivity contribution is -0.139. The summed E-state index contributed by atoms with van der Waals surface area (Å²) < 4.78 is 43.3. The van der Waals surface area contributed by atoms with Crippen LogP contribution in [0.15, 0.2) is 23.8 Å². The van der Waals surface area contributed by atoms with E-state index < -0.39 is 12.6 Å². The lowest BCUT2D eigenvalue weighted by Crippen LogP contribution is -2.11. The van der Waals surface area contributed by atoms with Gasteiger partial charge in [-0.1, -0.05) is 6.07 Å². The van der Waals surface area contributed by atoms with Gasteiger partial charge in [0.25, 0.3) is 0 Å². The fourth-order valence-electron chi connectivity index (χ4n) is 1.57. The molecule has 0 saturated heterocycles. The zero-order chi connectivity index (χ0) is 17.2. The van der Waals surface area contributed by atoms with Gasteiger partial charge in [-0.2, -0.15) is 14.0 Å². The maximum atomic E-state index is 12.3. The fraction of sp³-hybridized carbons (Fsp3) is 0.333. The predicted octanol–water partition coefficient (Wildman–Crippen LogP) is 2.39. The first-order chi connectivity index (χ1) is 11.0. The molecule has 124 valence electrons. The van der Waals surface area contributed by atoms with Crippen molar-refractivity contribution in [3.63, 3.8) is 0 Å². The molecule has 23 heavy (non-hydrogen) atoms. The number of carbonyl (C=O) groups is 1. The zero-order valence-electron chi connectivity index (χ0n) is 12.5. The Kier molecular flexibility index (Phi) is 7.50. The van der Waals surface area contributed by atoms with E-state index in [9.17, 15) is 13.6 Å². The van der Waals surface area contributed by atoms with Crippen LogP contribution in [-0.4, -0.2) is 40.0 Å². The topological polar surface area (TPSA) is 77.8 Å². The number of methoxy groups -OCH3 is 2. The molecule has 1 rings (SSSR count). The van der Waals surface area contributed by atoms with Gasteiger partial charge >= 0.3 is 12.6 Å². The Balaban J connectivity index is 2.96. The molecule has 0 aromatic heterocycles. The number of carbonyl (C=O) groups excluding carboxylic acids is 1.